The van der Waals surface area contributed by atoms with Crippen LogP contribution in [0.15, 0.2) is 55.0 Å². The van der Waals surface area contributed by atoms with Gasteiger partial charge in [-0.1, -0.05) is 6.07 Å². The molecule has 7 heteroatoms. The molecule has 0 aliphatic rings. The van der Waals surface area contributed by atoms with Crippen molar-refractivity contribution in [2.45, 2.75) is 0 Å². The van der Waals surface area contributed by atoms with Gasteiger partial charge in [0.15, 0.2) is 17.4 Å². The second kappa shape index (κ2) is 5.62. The van der Waals surface area contributed by atoms with Crippen molar-refractivity contribution in [3.63, 3.8) is 0 Å². The van der Waals surface area contributed by atoms with Crippen molar-refractivity contribution in [2.75, 3.05) is 0 Å². The van der Waals surface area contributed by atoms with Gasteiger partial charge < -0.3 is 5.11 Å². The molecule has 0 aliphatic heterocycles. The summed E-state index contributed by atoms with van der Waals surface area (Å²) in [5.41, 5.74) is 2.16. The average molecular weight is 341 g/mol. The molecule has 2 aromatic carbocycles. The van der Waals surface area contributed by atoms with Gasteiger partial charge in [0.1, 0.15) is 5.82 Å². The van der Waals surface area contributed by atoms with E-state index in [1.807, 2.05) is 0 Å². The SMILES string of the molecule is Oc1cc(-n2ncc3cc(-c4cncc(F)c4)ccc32)cc(F)c1F. The van der Waals surface area contributed by atoms with Crippen LogP contribution in [0.2, 0.25) is 0 Å². The number of pyridine rings is 1. The van der Waals surface area contributed by atoms with E-state index in [0.29, 0.717) is 16.5 Å². The summed E-state index contributed by atoms with van der Waals surface area (Å²) in [5, 5.41) is 14.3. The number of nitrogens with zero attached hydrogens (tertiary/aromatic N) is 3. The Hall–Kier alpha value is -3.35. The van der Waals surface area contributed by atoms with Gasteiger partial charge in [0.2, 0.25) is 0 Å². The maximum atomic E-state index is 13.5. The van der Waals surface area contributed by atoms with Crippen LogP contribution in [-0.2, 0) is 0 Å². The molecule has 0 saturated heterocycles. The molecule has 0 amide bonds. The Balaban J connectivity index is 1.83. The van der Waals surface area contributed by atoms with Gasteiger partial charge in [0, 0.05) is 29.3 Å². The summed E-state index contributed by atoms with van der Waals surface area (Å²) in [4.78, 5) is 3.82. The lowest BCUT2D eigenvalue weighted by Gasteiger charge is -2.07. The van der Waals surface area contributed by atoms with E-state index in [-0.39, 0.29) is 5.69 Å². The van der Waals surface area contributed by atoms with Crippen LogP contribution in [0.1, 0.15) is 0 Å². The number of rotatable bonds is 2. The average Bonchev–Trinajstić information content (AvgIpc) is 3.02. The fourth-order valence-corrected chi connectivity index (χ4v) is 2.67. The highest BCUT2D eigenvalue weighted by Gasteiger charge is 2.13. The van der Waals surface area contributed by atoms with Crippen molar-refractivity contribution in [2.24, 2.45) is 0 Å². The summed E-state index contributed by atoms with van der Waals surface area (Å²) in [6, 6.07) is 8.67. The van der Waals surface area contributed by atoms with E-state index in [1.54, 1.807) is 30.6 Å². The number of aromatic hydroxyl groups is 1. The van der Waals surface area contributed by atoms with Crippen molar-refractivity contribution in [3.8, 4) is 22.6 Å². The number of halogens is 3. The zero-order valence-electron chi connectivity index (χ0n) is 12.6. The minimum Gasteiger partial charge on any atom is -0.505 e. The van der Waals surface area contributed by atoms with Gasteiger partial charge in [0.25, 0.3) is 0 Å². The maximum absolute atomic E-state index is 13.5. The molecule has 0 atom stereocenters. The Bertz CT molecular complexity index is 1080. The monoisotopic (exact) mass is 341 g/mol. The van der Waals surface area contributed by atoms with E-state index >= 15 is 0 Å². The molecule has 0 radical (unpaired) electrons. The Morgan fingerprint density at radius 3 is 2.48 bits per heavy atom. The van der Waals surface area contributed by atoms with Crippen LogP contribution in [-0.4, -0.2) is 19.9 Å². The predicted molar refractivity (Wildman–Crippen MR) is 85.8 cm³/mol. The first-order valence-corrected chi connectivity index (χ1v) is 7.30. The number of aromatic nitrogens is 3. The molecule has 4 nitrogen and oxygen atoms in total. The third-order valence-corrected chi connectivity index (χ3v) is 3.84. The fraction of sp³-hybridized carbons (Fsp3) is 0. The molecule has 4 rings (SSSR count). The van der Waals surface area contributed by atoms with Crippen LogP contribution in [0.5, 0.6) is 5.75 Å². The number of hydrogen-bond acceptors (Lipinski definition) is 3. The number of benzene rings is 2. The van der Waals surface area contributed by atoms with Crippen LogP contribution in [0.4, 0.5) is 13.2 Å². The molecule has 1 N–H and O–H groups in total. The second-order valence-electron chi connectivity index (χ2n) is 5.48. The van der Waals surface area contributed by atoms with Gasteiger partial charge in [0.05, 0.1) is 23.6 Å². The standard InChI is InChI=1S/C18H10F3N3O/c19-13-4-11(7-22-9-13)10-1-2-16-12(3-10)8-23-24(16)14-5-15(20)18(21)17(25)6-14/h1-9,25H. The van der Waals surface area contributed by atoms with E-state index < -0.39 is 23.2 Å². The quantitative estimate of drug-likeness (QED) is 0.594. The third kappa shape index (κ3) is 2.59. The summed E-state index contributed by atoms with van der Waals surface area (Å²) >= 11 is 0. The summed E-state index contributed by atoms with van der Waals surface area (Å²) in [6.07, 6.45) is 4.21. The highest BCUT2D eigenvalue weighted by Crippen LogP contribution is 2.28. The Morgan fingerprint density at radius 2 is 1.72 bits per heavy atom. The van der Waals surface area contributed by atoms with Gasteiger partial charge in [-0.05, 0) is 23.8 Å². The van der Waals surface area contributed by atoms with Gasteiger partial charge in [-0.15, -0.1) is 0 Å². The van der Waals surface area contributed by atoms with E-state index in [2.05, 4.69) is 10.1 Å². The molecule has 25 heavy (non-hydrogen) atoms. The fourth-order valence-electron chi connectivity index (χ4n) is 2.67. The lowest BCUT2D eigenvalue weighted by atomic mass is 10.1. The van der Waals surface area contributed by atoms with Crippen LogP contribution in [0.3, 0.4) is 0 Å². The Labute approximate surface area is 139 Å². The van der Waals surface area contributed by atoms with Gasteiger partial charge in [-0.2, -0.15) is 9.49 Å². The van der Waals surface area contributed by atoms with Crippen LogP contribution in [0.25, 0.3) is 27.7 Å². The molecule has 0 bridgehead atoms. The summed E-state index contributed by atoms with van der Waals surface area (Å²) in [7, 11) is 0. The number of hydrogen-bond donors (Lipinski definition) is 1. The Kier molecular flexibility index (Phi) is 3.42. The molecule has 0 spiro atoms. The van der Waals surface area contributed by atoms with Crippen LogP contribution >= 0.6 is 0 Å². The van der Waals surface area contributed by atoms with Crippen molar-refractivity contribution in [3.05, 3.63) is 72.4 Å². The molecular weight excluding hydrogens is 331 g/mol. The van der Waals surface area contributed by atoms with Crippen molar-refractivity contribution in [1.29, 1.82) is 0 Å². The summed E-state index contributed by atoms with van der Waals surface area (Å²) in [5.74, 6) is -3.70. The minimum absolute atomic E-state index is 0.187. The molecule has 0 saturated carbocycles. The lowest BCUT2D eigenvalue weighted by Crippen LogP contribution is -1.98. The first kappa shape index (κ1) is 15.2. The lowest BCUT2D eigenvalue weighted by molar-refractivity contribution is 0.406. The van der Waals surface area contributed by atoms with Crippen molar-refractivity contribution < 1.29 is 18.3 Å². The van der Waals surface area contributed by atoms with Crippen LogP contribution < -0.4 is 0 Å². The number of phenols is 1. The normalized spacial score (nSPS) is 11.2. The molecule has 0 fully saturated rings. The highest BCUT2D eigenvalue weighted by molar-refractivity contribution is 5.85. The van der Waals surface area contributed by atoms with Crippen molar-refractivity contribution >= 4 is 10.9 Å². The molecule has 2 heterocycles. The Morgan fingerprint density at radius 1 is 0.880 bits per heavy atom. The maximum Gasteiger partial charge on any atom is 0.200 e. The van der Waals surface area contributed by atoms with Gasteiger partial charge in [-0.3, -0.25) is 4.98 Å². The van der Waals surface area contributed by atoms with Crippen molar-refractivity contribution in [1.82, 2.24) is 14.8 Å². The molecule has 0 unspecified atom stereocenters. The molecule has 4 aromatic rings. The van der Waals surface area contributed by atoms with Gasteiger partial charge in [-0.25, -0.2) is 13.5 Å². The predicted octanol–water partition coefficient (Wildman–Crippen LogP) is 4.21. The second-order valence-corrected chi connectivity index (χ2v) is 5.48. The molecule has 2 aromatic heterocycles. The van der Waals surface area contributed by atoms with E-state index in [4.69, 9.17) is 0 Å². The van der Waals surface area contributed by atoms with Crippen LogP contribution in [0, 0.1) is 17.5 Å². The first-order chi connectivity index (χ1) is 12.0. The number of fused-ring (bicyclic) bond motifs is 1. The minimum atomic E-state index is -1.30. The van der Waals surface area contributed by atoms with Gasteiger partial charge >= 0.3 is 0 Å². The van der Waals surface area contributed by atoms with E-state index in [0.717, 1.165) is 23.9 Å². The molecule has 0 aliphatic carbocycles. The topological polar surface area (TPSA) is 50.9 Å². The largest absolute Gasteiger partial charge is 0.505 e. The zero-order chi connectivity index (χ0) is 17.6. The summed E-state index contributed by atoms with van der Waals surface area (Å²) < 4.78 is 41.5. The van der Waals surface area contributed by atoms with E-state index in [1.165, 1.54) is 10.7 Å². The molecular formula is C18H10F3N3O. The summed E-state index contributed by atoms with van der Waals surface area (Å²) in [6.45, 7) is 0. The van der Waals surface area contributed by atoms with E-state index in [9.17, 15) is 18.3 Å². The number of phenolic OH excluding ortho intramolecular Hbond substituents is 1. The first-order valence-electron chi connectivity index (χ1n) is 7.30. The molecule has 124 valence electrons. The highest BCUT2D eigenvalue weighted by atomic mass is 19.2. The smallest absolute Gasteiger partial charge is 0.200 e. The zero-order valence-corrected chi connectivity index (χ0v) is 12.6. The third-order valence-electron chi connectivity index (χ3n) is 3.84.